The number of ether oxygens (including phenoxy) is 1. The van der Waals surface area contributed by atoms with Gasteiger partial charge in [0.2, 0.25) is 0 Å². The highest BCUT2D eigenvalue weighted by molar-refractivity contribution is 6.03. The summed E-state index contributed by atoms with van der Waals surface area (Å²) < 4.78 is 4.91. The first-order chi connectivity index (χ1) is 9.61. The lowest BCUT2D eigenvalue weighted by Crippen LogP contribution is -2.14. The van der Waals surface area contributed by atoms with Crippen LogP contribution in [-0.4, -0.2) is 27.9 Å². The zero-order valence-corrected chi connectivity index (χ0v) is 10.4. The third-order valence-electron chi connectivity index (χ3n) is 2.45. The van der Waals surface area contributed by atoms with Crippen molar-refractivity contribution in [3.63, 3.8) is 0 Å². The van der Waals surface area contributed by atoms with E-state index in [1.54, 1.807) is 0 Å². The molecule has 0 aliphatic rings. The number of nitrogens with one attached hydrogen (secondary N) is 1. The number of anilines is 1. The van der Waals surface area contributed by atoms with E-state index in [4.69, 9.17) is 4.74 Å². The van der Waals surface area contributed by atoms with Crippen molar-refractivity contribution in [3.05, 3.63) is 52.6 Å². The number of benzene rings is 1. The molecular weight excluding hydrogens is 264 g/mol. The summed E-state index contributed by atoms with van der Waals surface area (Å²) in [6.07, 6.45) is 4.05. The second kappa shape index (κ2) is 5.74. The molecule has 0 saturated carbocycles. The van der Waals surface area contributed by atoms with Crippen LogP contribution in [0.2, 0.25) is 0 Å². The predicted molar refractivity (Wildman–Crippen MR) is 69.6 cm³/mol. The van der Waals surface area contributed by atoms with Crippen molar-refractivity contribution in [1.82, 2.24) is 9.97 Å². The Bertz CT molecular complexity index is 645. The fourth-order valence-electron chi connectivity index (χ4n) is 1.50. The molecule has 8 nitrogen and oxygen atoms in total. The second-order valence-corrected chi connectivity index (χ2v) is 3.68. The number of aromatic nitrogens is 2. The third kappa shape index (κ3) is 2.86. The Kier molecular flexibility index (Phi) is 3.85. The van der Waals surface area contributed by atoms with E-state index in [9.17, 15) is 14.9 Å². The molecule has 2 aromatic rings. The number of hydrogen-bond acceptors (Lipinski definition) is 6. The minimum absolute atomic E-state index is 0.0615. The van der Waals surface area contributed by atoms with E-state index in [-0.39, 0.29) is 17.1 Å². The minimum atomic E-state index is -0.602. The van der Waals surface area contributed by atoms with Gasteiger partial charge in [-0.2, -0.15) is 0 Å². The van der Waals surface area contributed by atoms with E-state index < -0.39 is 10.8 Å². The van der Waals surface area contributed by atoms with Gasteiger partial charge in [0, 0.05) is 12.4 Å². The molecule has 8 heteroatoms. The average Bonchev–Trinajstić information content (AvgIpc) is 2.48. The van der Waals surface area contributed by atoms with E-state index in [1.165, 1.54) is 43.9 Å². The SMILES string of the molecule is COc1ccc(NC(=O)c2cnccn2)c([N+](=O)[O-])c1. The van der Waals surface area contributed by atoms with Gasteiger partial charge in [0.25, 0.3) is 11.6 Å². The fourth-order valence-corrected chi connectivity index (χ4v) is 1.50. The van der Waals surface area contributed by atoms with E-state index >= 15 is 0 Å². The molecule has 0 spiro atoms. The molecule has 0 fully saturated rings. The number of nitro benzene ring substituents is 1. The monoisotopic (exact) mass is 274 g/mol. The molecule has 1 heterocycles. The zero-order chi connectivity index (χ0) is 14.5. The number of amides is 1. The Hall–Kier alpha value is -3.03. The highest BCUT2D eigenvalue weighted by Crippen LogP contribution is 2.29. The molecule has 102 valence electrons. The van der Waals surface area contributed by atoms with Gasteiger partial charge >= 0.3 is 0 Å². The summed E-state index contributed by atoms with van der Waals surface area (Å²) >= 11 is 0. The summed E-state index contributed by atoms with van der Waals surface area (Å²) in [5, 5.41) is 13.4. The molecule has 1 aromatic heterocycles. The summed E-state index contributed by atoms with van der Waals surface area (Å²) in [6.45, 7) is 0. The smallest absolute Gasteiger partial charge is 0.296 e. The maximum Gasteiger partial charge on any atom is 0.296 e. The Morgan fingerprint density at radius 1 is 1.40 bits per heavy atom. The maximum absolute atomic E-state index is 11.9. The molecule has 2 rings (SSSR count). The number of carbonyl (C=O) groups excluding carboxylic acids is 1. The van der Waals surface area contributed by atoms with Crippen LogP contribution in [0.3, 0.4) is 0 Å². The zero-order valence-electron chi connectivity index (χ0n) is 10.4. The molecule has 0 unspecified atom stereocenters. The molecule has 0 saturated heterocycles. The van der Waals surface area contributed by atoms with Gasteiger partial charge in [-0.1, -0.05) is 0 Å². The summed E-state index contributed by atoms with van der Waals surface area (Å²) in [5.41, 5.74) is -0.134. The van der Waals surface area contributed by atoms with Crippen molar-refractivity contribution in [2.75, 3.05) is 12.4 Å². The van der Waals surface area contributed by atoms with Gasteiger partial charge in [0.1, 0.15) is 17.1 Å². The molecule has 1 N–H and O–H groups in total. The normalized spacial score (nSPS) is 9.85. The minimum Gasteiger partial charge on any atom is -0.496 e. The summed E-state index contributed by atoms with van der Waals surface area (Å²) in [7, 11) is 1.40. The van der Waals surface area contributed by atoms with Crippen molar-refractivity contribution < 1.29 is 14.5 Å². The fraction of sp³-hybridized carbons (Fsp3) is 0.0833. The maximum atomic E-state index is 11.9. The van der Waals surface area contributed by atoms with Gasteiger partial charge in [-0.05, 0) is 12.1 Å². The largest absolute Gasteiger partial charge is 0.496 e. The molecule has 20 heavy (non-hydrogen) atoms. The molecule has 0 atom stereocenters. The topological polar surface area (TPSA) is 107 Å². The Labute approximate surface area is 113 Å². The summed E-state index contributed by atoms with van der Waals surface area (Å²) in [6, 6.07) is 4.14. The Morgan fingerprint density at radius 3 is 2.80 bits per heavy atom. The lowest BCUT2D eigenvalue weighted by atomic mass is 10.2. The second-order valence-electron chi connectivity index (χ2n) is 3.68. The Balaban J connectivity index is 2.29. The third-order valence-corrected chi connectivity index (χ3v) is 2.45. The van der Waals surface area contributed by atoms with Gasteiger partial charge < -0.3 is 10.1 Å². The standard InChI is InChI=1S/C12H10N4O4/c1-20-8-2-3-9(11(6-8)16(18)19)15-12(17)10-7-13-4-5-14-10/h2-7H,1H3,(H,15,17). The Morgan fingerprint density at radius 2 is 2.20 bits per heavy atom. The van der Waals surface area contributed by atoms with E-state index in [0.717, 1.165) is 0 Å². The highest BCUT2D eigenvalue weighted by Gasteiger charge is 2.18. The van der Waals surface area contributed by atoms with Crippen LogP contribution in [0, 0.1) is 10.1 Å². The number of nitro groups is 1. The van der Waals surface area contributed by atoms with Crippen LogP contribution < -0.4 is 10.1 Å². The molecular formula is C12H10N4O4. The van der Waals surface area contributed by atoms with Crippen molar-refractivity contribution in [2.24, 2.45) is 0 Å². The van der Waals surface area contributed by atoms with Gasteiger partial charge in [-0.15, -0.1) is 0 Å². The number of rotatable bonds is 4. The van der Waals surface area contributed by atoms with Gasteiger partial charge in [-0.3, -0.25) is 19.9 Å². The first-order valence-corrected chi connectivity index (χ1v) is 5.51. The predicted octanol–water partition coefficient (Wildman–Crippen LogP) is 1.65. The number of nitrogens with zero attached hydrogens (tertiary/aromatic N) is 3. The lowest BCUT2D eigenvalue weighted by molar-refractivity contribution is -0.384. The molecule has 0 aliphatic carbocycles. The van der Waals surface area contributed by atoms with Crippen molar-refractivity contribution in [2.45, 2.75) is 0 Å². The quantitative estimate of drug-likeness (QED) is 0.670. The van der Waals surface area contributed by atoms with Gasteiger partial charge in [0.15, 0.2) is 0 Å². The van der Waals surface area contributed by atoms with Gasteiger partial charge in [-0.25, -0.2) is 4.98 Å². The molecule has 1 amide bonds. The van der Waals surface area contributed by atoms with Crippen molar-refractivity contribution in [1.29, 1.82) is 0 Å². The van der Waals surface area contributed by atoms with E-state index in [1.807, 2.05) is 0 Å². The van der Waals surface area contributed by atoms with Crippen molar-refractivity contribution >= 4 is 17.3 Å². The number of carbonyl (C=O) groups is 1. The average molecular weight is 274 g/mol. The van der Waals surface area contributed by atoms with Crippen LogP contribution in [0.5, 0.6) is 5.75 Å². The summed E-state index contributed by atoms with van der Waals surface area (Å²) in [5.74, 6) is -0.249. The van der Waals surface area contributed by atoms with Crippen molar-refractivity contribution in [3.8, 4) is 5.75 Å². The van der Waals surface area contributed by atoms with Crippen LogP contribution in [0.1, 0.15) is 10.5 Å². The van der Waals surface area contributed by atoms with Crippen LogP contribution in [0.25, 0.3) is 0 Å². The van der Waals surface area contributed by atoms with Crippen LogP contribution in [0.4, 0.5) is 11.4 Å². The molecule has 1 aromatic carbocycles. The van der Waals surface area contributed by atoms with Crippen LogP contribution >= 0.6 is 0 Å². The first kappa shape index (κ1) is 13.4. The molecule has 0 bridgehead atoms. The molecule has 0 radical (unpaired) electrons. The highest BCUT2D eigenvalue weighted by atomic mass is 16.6. The summed E-state index contributed by atoms with van der Waals surface area (Å²) in [4.78, 5) is 29.8. The van der Waals surface area contributed by atoms with Gasteiger partial charge in [0.05, 0.1) is 24.3 Å². The number of methoxy groups -OCH3 is 1. The van der Waals surface area contributed by atoms with E-state index in [2.05, 4.69) is 15.3 Å². The number of hydrogen-bond donors (Lipinski definition) is 1. The van der Waals surface area contributed by atoms with Crippen LogP contribution in [0.15, 0.2) is 36.8 Å². The lowest BCUT2D eigenvalue weighted by Gasteiger charge is -2.06. The molecule has 0 aliphatic heterocycles. The van der Waals surface area contributed by atoms with Crippen LogP contribution in [-0.2, 0) is 0 Å². The first-order valence-electron chi connectivity index (χ1n) is 5.51. The van der Waals surface area contributed by atoms with E-state index in [0.29, 0.717) is 5.75 Å².